The summed E-state index contributed by atoms with van der Waals surface area (Å²) in [7, 11) is 0. The van der Waals surface area contributed by atoms with Crippen LogP contribution in [0.1, 0.15) is 0 Å². The maximum atomic E-state index is 6.52. The van der Waals surface area contributed by atoms with E-state index >= 15 is 0 Å². The maximum absolute atomic E-state index is 6.52. The molecule has 1 aliphatic carbocycles. The van der Waals surface area contributed by atoms with E-state index in [9.17, 15) is 0 Å². The van der Waals surface area contributed by atoms with Gasteiger partial charge in [0.2, 0.25) is 0 Å². The fourth-order valence-electron chi connectivity index (χ4n) is 8.19. The zero-order chi connectivity index (χ0) is 32.8. The van der Waals surface area contributed by atoms with Gasteiger partial charge in [0.15, 0.2) is 0 Å². The summed E-state index contributed by atoms with van der Waals surface area (Å²) in [5.41, 5.74) is 16.5. The Morgan fingerprint density at radius 1 is 0.320 bits per heavy atom. The van der Waals surface area contributed by atoms with Crippen molar-refractivity contribution in [2.24, 2.45) is 0 Å². The third-order valence-corrected chi connectivity index (χ3v) is 11.7. The van der Waals surface area contributed by atoms with E-state index in [4.69, 9.17) is 4.42 Å². The average molecular weight is 653 g/mol. The highest BCUT2D eigenvalue weighted by molar-refractivity contribution is 7.26. The second kappa shape index (κ2) is 10.6. The van der Waals surface area contributed by atoms with Crippen LogP contribution in [0.5, 0.6) is 0 Å². The largest absolute Gasteiger partial charge is 0.455 e. The fourth-order valence-corrected chi connectivity index (χ4v) is 9.43. The van der Waals surface area contributed by atoms with Gasteiger partial charge in [0, 0.05) is 36.5 Å². The van der Waals surface area contributed by atoms with Crippen molar-refractivity contribution in [1.82, 2.24) is 0 Å². The predicted molar refractivity (Wildman–Crippen MR) is 213 cm³/mol. The maximum Gasteiger partial charge on any atom is 0.143 e. The van der Waals surface area contributed by atoms with E-state index in [1.165, 1.54) is 75.8 Å². The highest BCUT2D eigenvalue weighted by Gasteiger charge is 2.24. The number of hydrogen-bond donors (Lipinski definition) is 0. The van der Waals surface area contributed by atoms with E-state index in [1.54, 1.807) is 0 Å². The van der Waals surface area contributed by atoms with Crippen LogP contribution in [0.2, 0.25) is 0 Å². The van der Waals surface area contributed by atoms with Crippen LogP contribution >= 0.6 is 11.3 Å². The van der Waals surface area contributed by atoms with Crippen molar-refractivity contribution in [3.63, 3.8) is 0 Å². The Kier molecular flexibility index (Phi) is 5.89. The summed E-state index contributed by atoms with van der Waals surface area (Å²) in [6.07, 6.45) is 0. The van der Waals surface area contributed by atoms with Crippen LogP contribution in [0.4, 0.5) is 0 Å². The lowest BCUT2D eigenvalue weighted by Crippen LogP contribution is -1.98. The molecule has 0 N–H and O–H groups in total. The summed E-state index contributed by atoms with van der Waals surface area (Å²) < 4.78 is 9.18. The van der Waals surface area contributed by atoms with Gasteiger partial charge in [-0.2, -0.15) is 0 Å². The van der Waals surface area contributed by atoms with Crippen molar-refractivity contribution in [1.29, 1.82) is 0 Å². The van der Waals surface area contributed by atoms with Gasteiger partial charge in [0.05, 0.1) is 0 Å². The van der Waals surface area contributed by atoms with Crippen LogP contribution < -0.4 is 0 Å². The van der Waals surface area contributed by atoms with E-state index in [1.807, 2.05) is 17.4 Å². The van der Waals surface area contributed by atoms with E-state index in [-0.39, 0.29) is 0 Å². The monoisotopic (exact) mass is 652 g/mol. The third kappa shape index (κ3) is 4.00. The normalized spacial score (nSPS) is 12.0. The second-order valence-electron chi connectivity index (χ2n) is 13.2. The Bertz CT molecular complexity index is 2850. The molecule has 0 unspecified atom stereocenters. The van der Waals surface area contributed by atoms with Gasteiger partial charge in [-0.05, 0) is 85.5 Å². The minimum atomic E-state index is 0.915. The Hall–Kier alpha value is -6.22. The van der Waals surface area contributed by atoms with Crippen LogP contribution in [0.25, 0.3) is 109 Å². The third-order valence-electron chi connectivity index (χ3n) is 10.5. The summed E-state index contributed by atoms with van der Waals surface area (Å²) in [6.45, 7) is 0. The number of rotatable bonds is 2. The van der Waals surface area contributed by atoms with Crippen molar-refractivity contribution < 1.29 is 4.42 Å². The zero-order valence-corrected chi connectivity index (χ0v) is 27.8. The number of para-hydroxylation sites is 2. The van der Waals surface area contributed by atoms with Crippen molar-refractivity contribution in [3.8, 4) is 66.8 Å². The first-order valence-electron chi connectivity index (χ1n) is 17.1. The molecule has 0 atom stereocenters. The summed E-state index contributed by atoms with van der Waals surface area (Å²) in [5.74, 6) is 0. The van der Waals surface area contributed by atoms with E-state index < -0.39 is 0 Å². The molecule has 10 aromatic rings. The Morgan fingerprint density at radius 3 is 1.52 bits per heavy atom. The van der Waals surface area contributed by atoms with Crippen molar-refractivity contribution in [2.45, 2.75) is 0 Å². The summed E-state index contributed by atoms with van der Waals surface area (Å²) >= 11 is 1.89. The molecule has 2 heterocycles. The van der Waals surface area contributed by atoms with Gasteiger partial charge in [0.25, 0.3) is 0 Å². The van der Waals surface area contributed by atoms with Crippen molar-refractivity contribution in [2.75, 3.05) is 0 Å². The molecule has 0 spiro atoms. The summed E-state index contributed by atoms with van der Waals surface area (Å²) in [6, 6.07) is 62.2. The predicted octanol–water partition coefficient (Wildman–Crippen LogP) is 14.3. The van der Waals surface area contributed by atoms with Gasteiger partial charge in [-0.25, -0.2) is 0 Å². The standard InChI is InChI=1S/C48H28OS/c1-2-13-35-33(11-1)34-12-3-4-14-36(34)43-28-30(32-18-10-20-42-40-16-6-8-22-46(40)50-48(32)42)24-26-38(43)44-27-29(23-25-37(35)44)31-17-9-19-41-39-15-5-7-21-45(39)49-47(31)41/h1-28H. The van der Waals surface area contributed by atoms with E-state index in [0.717, 1.165) is 33.1 Å². The molecule has 2 heteroatoms. The number of fused-ring (bicyclic) bond motifs is 14. The molecule has 1 nitrogen and oxygen atoms in total. The van der Waals surface area contributed by atoms with Gasteiger partial charge < -0.3 is 4.42 Å². The fraction of sp³-hybridized carbons (Fsp3) is 0. The molecule has 0 amide bonds. The molecule has 0 saturated carbocycles. The van der Waals surface area contributed by atoms with Crippen LogP contribution in [0.15, 0.2) is 174 Å². The first-order chi connectivity index (χ1) is 24.8. The number of benzene rings is 8. The molecule has 0 fully saturated rings. The minimum absolute atomic E-state index is 0.915. The summed E-state index contributed by atoms with van der Waals surface area (Å²) in [4.78, 5) is 0. The van der Waals surface area contributed by atoms with Crippen molar-refractivity contribution >= 4 is 53.4 Å². The molecule has 0 saturated heterocycles. The highest BCUT2D eigenvalue weighted by Crippen LogP contribution is 2.50. The highest BCUT2D eigenvalue weighted by atomic mass is 32.1. The van der Waals surface area contributed by atoms with Gasteiger partial charge >= 0.3 is 0 Å². The lowest BCUT2D eigenvalue weighted by atomic mass is 9.79. The van der Waals surface area contributed by atoms with Gasteiger partial charge in [0.1, 0.15) is 11.2 Å². The molecular weight excluding hydrogens is 625 g/mol. The van der Waals surface area contributed by atoms with Crippen LogP contribution in [0.3, 0.4) is 0 Å². The second-order valence-corrected chi connectivity index (χ2v) is 14.2. The molecule has 0 radical (unpaired) electrons. The zero-order valence-electron chi connectivity index (χ0n) is 27.0. The van der Waals surface area contributed by atoms with Crippen LogP contribution in [0, 0.1) is 0 Å². The quantitative estimate of drug-likeness (QED) is 0.181. The molecule has 50 heavy (non-hydrogen) atoms. The smallest absolute Gasteiger partial charge is 0.143 e. The average Bonchev–Trinajstić information content (AvgIpc) is 3.76. The molecule has 1 aliphatic rings. The number of hydrogen-bond acceptors (Lipinski definition) is 2. The topological polar surface area (TPSA) is 13.1 Å². The molecule has 232 valence electrons. The Labute approximate surface area is 293 Å². The van der Waals surface area contributed by atoms with Gasteiger partial charge in [-0.15, -0.1) is 11.3 Å². The number of thiophene rings is 1. The lowest BCUT2D eigenvalue weighted by molar-refractivity contribution is 0.670. The Morgan fingerprint density at radius 2 is 0.800 bits per heavy atom. The molecular formula is C48H28OS. The van der Waals surface area contributed by atoms with Crippen LogP contribution in [-0.2, 0) is 0 Å². The van der Waals surface area contributed by atoms with Crippen LogP contribution in [-0.4, -0.2) is 0 Å². The SMILES string of the molecule is c1ccc2c(c1)-c1ccccc1-c1cc(-c3cccc4c3sc3ccccc34)ccc1-c1cc(-c3cccc4c3oc3ccccc34)ccc1-2. The molecule has 11 rings (SSSR count). The first-order valence-corrected chi connectivity index (χ1v) is 17.9. The van der Waals surface area contributed by atoms with E-state index in [0.29, 0.717) is 0 Å². The molecule has 0 aliphatic heterocycles. The van der Waals surface area contributed by atoms with E-state index in [2.05, 4.69) is 164 Å². The minimum Gasteiger partial charge on any atom is -0.455 e. The number of furan rings is 1. The molecule has 0 bridgehead atoms. The van der Waals surface area contributed by atoms with Gasteiger partial charge in [-0.3, -0.25) is 0 Å². The van der Waals surface area contributed by atoms with Crippen molar-refractivity contribution in [3.05, 3.63) is 170 Å². The summed E-state index contributed by atoms with van der Waals surface area (Å²) in [5, 5.41) is 4.93. The molecule has 2 aromatic heterocycles. The van der Waals surface area contributed by atoms with Gasteiger partial charge in [-0.1, -0.05) is 146 Å². The Balaban J connectivity index is 1.19. The first kappa shape index (κ1) is 27.7. The lowest BCUT2D eigenvalue weighted by Gasteiger charge is -2.24. The molecule has 8 aromatic carbocycles.